The average Bonchev–Trinajstić information content (AvgIpc) is 3.28. The molecule has 0 saturated heterocycles. The van der Waals surface area contributed by atoms with Gasteiger partial charge in [-0.25, -0.2) is 4.99 Å². The third-order valence-corrected chi connectivity index (χ3v) is 5.15. The first-order valence-electron chi connectivity index (χ1n) is 9.67. The molecular formula is C20H31IN6O. The van der Waals surface area contributed by atoms with Gasteiger partial charge in [0.15, 0.2) is 11.8 Å². The summed E-state index contributed by atoms with van der Waals surface area (Å²) in [4.78, 5) is 4.67. The minimum atomic E-state index is -0.586. The number of nitrogens with zero attached hydrogens (tertiary/aromatic N) is 4. The van der Waals surface area contributed by atoms with E-state index in [9.17, 15) is 5.11 Å². The first kappa shape index (κ1) is 22.6. The van der Waals surface area contributed by atoms with E-state index in [1.165, 1.54) is 12.8 Å². The fourth-order valence-electron chi connectivity index (χ4n) is 3.34. The zero-order chi connectivity index (χ0) is 19.2. The second kappa shape index (κ2) is 10.8. The molecule has 1 aliphatic carbocycles. The zero-order valence-electron chi connectivity index (χ0n) is 16.9. The van der Waals surface area contributed by atoms with Crippen LogP contribution in [0.15, 0.2) is 29.3 Å². The van der Waals surface area contributed by atoms with Crippen molar-refractivity contribution >= 4 is 29.9 Å². The van der Waals surface area contributed by atoms with Crippen LogP contribution in [0.1, 0.15) is 54.6 Å². The molecule has 3 rings (SSSR count). The number of hydrogen-bond acceptors (Lipinski definition) is 4. The van der Waals surface area contributed by atoms with Crippen LogP contribution in [0.2, 0.25) is 0 Å². The molecule has 154 valence electrons. The van der Waals surface area contributed by atoms with Crippen molar-refractivity contribution in [2.24, 2.45) is 12.0 Å². The number of aromatic nitrogens is 3. The largest absolute Gasteiger partial charge is 0.387 e. The summed E-state index contributed by atoms with van der Waals surface area (Å²) >= 11 is 0. The van der Waals surface area contributed by atoms with Gasteiger partial charge in [-0.1, -0.05) is 42.7 Å². The van der Waals surface area contributed by atoms with E-state index >= 15 is 0 Å². The van der Waals surface area contributed by atoms with Gasteiger partial charge in [0.25, 0.3) is 0 Å². The van der Waals surface area contributed by atoms with Crippen LogP contribution in [0, 0.1) is 13.8 Å². The summed E-state index contributed by atoms with van der Waals surface area (Å²) in [5.41, 5.74) is 2.05. The third-order valence-electron chi connectivity index (χ3n) is 5.15. The van der Waals surface area contributed by atoms with E-state index in [-0.39, 0.29) is 24.0 Å². The lowest BCUT2D eigenvalue weighted by Crippen LogP contribution is -2.43. The van der Waals surface area contributed by atoms with E-state index < -0.39 is 6.10 Å². The van der Waals surface area contributed by atoms with Gasteiger partial charge in [0, 0.05) is 19.6 Å². The Morgan fingerprint density at radius 3 is 2.68 bits per heavy atom. The number of aryl methyl sites for hydroxylation is 2. The van der Waals surface area contributed by atoms with Crippen molar-refractivity contribution in [1.82, 2.24) is 25.4 Å². The number of nitrogens with one attached hydrogen (secondary N) is 2. The Kier molecular flexibility index (Phi) is 8.68. The molecule has 1 heterocycles. The molecule has 3 N–H and O–H groups in total. The third kappa shape index (κ3) is 6.16. The van der Waals surface area contributed by atoms with Crippen molar-refractivity contribution in [3.8, 4) is 0 Å². The van der Waals surface area contributed by atoms with Crippen LogP contribution in [0.25, 0.3) is 0 Å². The van der Waals surface area contributed by atoms with Gasteiger partial charge in [-0.15, -0.1) is 34.2 Å². The quantitative estimate of drug-likeness (QED) is 0.324. The van der Waals surface area contributed by atoms with Crippen LogP contribution in [0.3, 0.4) is 0 Å². The van der Waals surface area contributed by atoms with Crippen molar-refractivity contribution in [2.45, 2.75) is 58.2 Å². The van der Waals surface area contributed by atoms with Gasteiger partial charge in [0.2, 0.25) is 0 Å². The standard InChI is InChI=1S/C20H30N6O.HI/c1-14-7-6-8-16(11-14)18(27)12-21-20(23-17-9-4-5-10-17)22-13-19-25-24-15(2)26(19)3;/h6-8,11,17-18,27H,4-5,9-10,12-13H2,1-3H3,(H2,21,22,23);1H. The monoisotopic (exact) mass is 498 g/mol. The predicted molar refractivity (Wildman–Crippen MR) is 122 cm³/mol. The number of aliphatic imine (C=N–C) groups is 1. The first-order chi connectivity index (χ1) is 13.0. The summed E-state index contributed by atoms with van der Waals surface area (Å²) < 4.78 is 1.94. The van der Waals surface area contributed by atoms with Gasteiger partial charge in [0.05, 0.1) is 6.10 Å². The van der Waals surface area contributed by atoms with E-state index in [2.05, 4.69) is 25.8 Å². The Labute approximate surface area is 184 Å². The Bertz CT molecular complexity index is 785. The molecule has 1 aromatic carbocycles. The summed E-state index contributed by atoms with van der Waals surface area (Å²) in [5.74, 6) is 2.40. The lowest BCUT2D eigenvalue weighted by atomic mass is 10.1. The molecule has 1 aliphatic rings. The Hall–Kier alpha value is -1.68. The molecule has 0 spiro atoms. The number of aliphatic hydroxyl groups is 1. The van der Waals surface area contributed by atoms with Crippen LogP contribution in [0.4, 0.5) is 0 Å². The van der Waals surface area contributed by atoms with Gasteiger partial charge in [-0.05, 0) is 32.3 Å². The molecule has 0 bridgehead atoms. The number of halogens is 1. The number of hydrogen-bond donors (Lipinski definition) is 3. The molecule has 0 radical (unpaired) electrons. The number of aliphatic hydroxyl groups excluding tert-OH is 1. The minimum Gasteiger partial charge on any atom is -0.387 e. The molecule has 1 fully saturated rings. The smallest absolute Gasteiger partial charge is 0.192 e. The molecule has 8 heteroatoms. The van der Waals surface area contributed by atoms with Crippen LogP contribution >= 0.6 is 24.0 Å². The zero-order valence-corrected chi connectivity index (χ0v) is 19.2. The predicted octanol–water partition coefficient (Wildman–Crippen LogP) is 2.76. The second-order valence-electron chi connectivity index (χ2n) is 7.32. The van der Waals surface area contributed by atoms with E-state index in [1.807, 2.05) is 49.7 Å². The molecule has 0 amide bonds. The van der Waals surface area contributed by atoms with Crippen molar-refractivity contribution in [3.63, 3.8) is 0 Å². The summed E-state index contributed by atoms with van der Waals surface area (Å²) in [6.45, 7) is 4.80. The van der Waals surface area contributed by atoms with Gasteiger partial charge in [0.1, 0.15) is 12.4 Å². The van der Waals surface area contributed by atoms with Crippen LogP contribution in [-0.2, 0) is 13.6 Å². The maximum absolute atomic E-state index is 10.5. The van der Waals surface area contributed by atoms with E-state index in [1.54, 1.807) is 0 Å². The number of benzene rings is 1. The van der Waals surface area contributed by atoms with Gasteiger partial charge in [-0.2, -0.15) is 0 Å². The molecule has 0 aliphatic heterocycles. The van der Waals surface area contributed by atoms with Crippen molar-refractivity contribution in [3.05, 3.63) is 47.0 Å². The highest BCUT2D eigenvalue weighted by atomic mass is 127. The van der Waals surface area contributed by atoms with Crippen molar-refractivity contribution in [2.75, 3.05) is 6.54 Å². The van der Waals surface area contributed by atoms with E-state index in [0.29, 0.717) is 25.1 Å². The number of guanidine groups is 1. The average molecular weight is 498 g/mol. The summed E-state index contributed by atoms with van der Waals surface area (Å²) in [7, 11) is 1.94. The highest BCUT2D eigenvalue weighted by Crippen LogP contribution is 2.18. The molecule has 1 unspecified atom stereocenters. The second-order valence-corrected chi connectivity index (χ2v) is 7.32. The van der Waals surface area contributed by atoms with E-state index in [0.717, 1.165) is 35.6 Å². The highest BCUT2D eigenvalue weighted by molar-refractivity contribution is 14.0. The van der Waals surface area contributed by atoms with Crippen molar-refractivity contribution in [1.29, 1.82) is 0 Å². The Morgan fingerprint density at radius 1 is 1.29 bits per heavy atom. The Balaban J connectivity index is 0.00000280. The molecule has 7 nitrogen and oxygen atoms in total. The van der Waals surface area contributed by atoms with Crippen LogP contribution in [-0.4, -0.2) is 38.4 Å². The first-order valence-corrected chi connectivity index (χ1v) is 9.67. The SMILES string of the molecule is Cc1cccc(C(O)CNC(=NCc2nnc(C)n2C)NC2CCCC2)c1.I. The van der Waals surface area contributed by atoms with E-state index in [4.69, 9.17) is 0 Å². The fraction of sp³-hybridized carbons (Fsp3) is 0.550. The van der Waals surface area contributed by atoms with Crippen LogP contribution in [0.5, 0.6) is 0 Å². The maximum atomic E-state index is 10.5. The lowest BCUT2D eigenvalue weighted by molar-refractivity contribution is 0.180. The highest BCUT2D eigenvalue weighted by Gasteiger charge is 2.17. The molecule has 28 heavy (non-hydrogen) atoms. The topological polar surface area (TPSA) is 87.4 Å². The normalized spacial score (nSPS) is 15.9. The minimum absolute atomic E-state index is 0. The lowest BCUT2D eigenvalue weighted by Gasteiger charge is -2.19. The van der Waals surface area contributed by atoms with Gasteiger partial charge >= 0.3 is 0 Å². The summed E-state index contributed by atoms with van der Waals surface area (Å²) in [5, 5.41) is 25.6. The molecule has 1 saturated carbocycles. The molecular weight excluding hydrogens is 467 g/mol. The molecule has 1 aromatic heterocycles. The maximum Gasteiger partial charge on any atom is 0.192 e. The Morgan fingerprint density at radius 2 is 2.04 bits per heavy atom. The van der Waals surface area contributed by atoms with Crippen molar-refractivity contribution < 1.29 is 5.11 Å². The summed E-state index contributed by atoms with van der Waals surface area (Å²) in [6, 6.07) is 8.39. The van der Waals surface area contributed by atoms with Gasteiger partial charge in [-0.3, -0.25) is 0 Å². The molecule has 1 atom stereocenters. The number of rotatable bonds is 6. The van der Waals surface area contributed by atoms with Gasteiger partial charge < -0.3 is 20.3 Å². The van der Waals surface area contributed by atoms with Crippen LogP contribution < -0.4 is 10.6 Å². The fourth-order valence-corrected chi connectivity index (χ4v) is 3.34. The summed E-state index contributed by atoms with van der Waals surface area (Å²) in [6.07, 6.45) is 4.23. The molecule has 2 aromatic rings.